The number of rotatable bonds is 11. The van der Waals surface area contributed by atoms with Crippen LogP contribution in [0.15, 0.2) is 60.7 Å². The summed E-state index contributed by atoms with van der Waals surface area (Å²) in [5, 5.41) is 9.32. The van der Waals surface area contributed by atoms with Crippen molar-refractivity contribution in [3.8, 4) is 22.6 Å². The molecule has 0 heterocycles. The molecule has 5 heteroatoms. The van der Waals surface area contributed by atoms with Crippen LogP contribution in [-0.2, 0) is 17.8 Å². The Morgan fingerprint density at radius 2 is 1.83 bits per heavy atom. The fourth-order valence-electron chi connectivity index (χ4n) is 4.69. The van der Waals surface area contributed by atoms with Crippen LogP contribution in [0.25, 0.3) is 11.1 Å². The van der Waals surface area contributed by atoms with Gasteiger partial charge in [-0.1, -0.05) is 44.2 Å². The summed E-state index contributed by atoms with van der Waals surface area (Å²) in [6, 6.07) is 18.6. The summed E-state index contributed by atoms with van der Waals surface area (Å²) in [6.45, 7) is 4.67. The minimum atomic E-state index is -0.765. The SMILES string of the molecule is COc1ccc(F)c(-c2ccc(COc3cccc([C@@H](CC(=O)O)C4CC4)c3)cc2CC(C)C)c1. The molecule has 0 amide bonds. The maximum absolute atomic E-state index is 14.7. The van der Waals surface area contributed by atoms with E-state index >= 15 is 0 Å². The van der Waals surface area contributed by atoms with E-state index < -0.39 is 5.97 Å². The zero-order chi connectivity index (χ0) is 24.9. The normalized spacial score (nSPS) is 14.1. The van der Waals surface area contributed by atoms with E-state index in [9.17, 15) is 14.3 Å². The smallest absolute Gasteiger partial charge is 0.303 e. The van der Waals surface area contributed by atoms with E-state index in [4.69, 9.17) is 9.47 Å². The number of hydrogen-bond acceptors (Lipinski definition) is 3. The second kappa shape index (κ2) is 10.9. The van der Waals surface area contributed by atoms with Gasteiger partial charge < -0.3 is 14.6 Å². The standard InChI is InChI=1S/C30H33FO4/c1-19(2)13-23-14-20(7-11-26(23)28-16-24(34-3)10-12-29(28)31)18-35-25-6-4-5-22(15-25)27(17-30(32)33)21-8-9-21/h4-7,10-12,14-16,19,21,27H,8-9,13,17-18H2,1-3H3,(H,32,33)/t27-/m0/s1. The average molecular weight is 477 g/mol. The number of benzene rings is 3. The monoisotopic (exact) mass is 476 g/mol. The Balaban J connectivity index is 1.55. The lowest BCUT2D eigenvalue weighted by atomic mass is 9.91. The van der Waals surface area contributed by atoms with E-state index in [1.165, 1.54) is 6.07 Å². The predicted octanol–water partition coefficient (Wildman–Crippen LogP) is 7.25. The number of hydrogen-bond donors (Lipinski definition) is 1. The van der Waals surface area contributed by atoms with Crippen LogP contribution in [0, 0.1) is 17.7 Å². The molecular formula is C30H33FO4. The van der Waals surface area contributed by atoms with Gasteiger partial charge in [0.25, 0.3) is 0 Å². The molecule has 1 aliphatic carbocycles. The van der Waals surface area contributed by atoms with Crippen LogP contribution in [0.4, 0.5) is 4.39 Å². The molecule has 0 spiro atoms. The molecule has 0 aliphatic heterocycles. The van der Waals surface area contributed by atoms with Crippen LogP contribution in [0.1, 0.15) is 55.7 Å². The molecule has 4 rings (SSSR count). The number of carbonyl (C=O) groups is 1. The Bertz CT molecular complexity index is 1180. The highest BCUT2D eigenvalue weighted by Gasteiger charge is 2.33. The van der Waals surface area contributed by atoms with Crippen molar-refractivity contribution in [1.82, 2.24) is 0 Å². The van der Waals surface area contributed by atoms with Crippen LogP contribution in [0.2, 0.25) is 0 Å². The van der Waals surface area contributed by atoms with Crippen molar-refractivity contribution in [3.63, 3.8) is 0 Å². The molecular weight excluding hydrogens is 443 g/mol. The highest BCUT2D eigenvalue weighted by Crippen LogP contribution is 2.45. The van der Waals surface area contributed by atoms with Crippen molar-refractivity contribution in [2.24, 2.45) is 11.8 Å². The largest absolute Gasteiger partial charge is 0.497 e. The second-order valence-corrected chi connectivity index (χ2v) is 9.84. The topological polar surface area (TPSA) is 55.8 Å². The number of ether oxygens (including phenoxy) is 2. The fraction of sp³-hybridized carbons (Fsp3) is 0.367. The molecule has 0 bridgehead atoms. The van der Waals surface area contributed by atoms with Gasteiger partial charge in [-0.25, -0.2) is 4.39 Å². The fourth-order valence-corrected chi connectivity index (χ4v) is 4.69. The van der Waals surface area contributed by atoms with E-state index in [-0.39, 0.29) is 18.2 Å². The molecule has 1 aliphatic rings. The third kappa shape index (κ3) is 6.41. The van der Waals surface area contributed by atoms with Gasteiger partial charge in [0, 0.05) is 5.56 Å². The van der Waals surface area contributed by atoms with Crippen molar-refractivity contribution in [2.75, 3.05) is 7.11 Å². The molecule has 3 aromatic carbocycles. The van der Waals surface area contributed by atoms with Crippen molar-refractivity contribution in [1.29, 1.82) is 0 Å². The van der Waals surface area contributed by atoms with E-state index in [2.05, 4.69) is 19.9 Å². The molecule has 1 fully saturated rings. The van der Waals surface area contributed by atoms with Gasteiger partial charge in [-0.3, -0.25) is 4.79 Å². The second-order valence-electron chi connectivity index (χ2n) is 9.84. The van der Waals surface area contributed by atoms with E-state index in [0.717, 1.165) is 47.3 Å². The van der Waals surface area contributed by atoms with Gasteiger partial charge in [0.05, 0.1) is 13.5 Å². The Morgan fingerprint density at radius 1 is 1.03 bits per heavy atom. The lowest BCUT2D eigenvalue weighted by Crippen LogP contribution is -2.08. The third-order valence-corrected chi connectivity index (χ3v) is 6.54. The molecule has 3 aromatic rings. The summed E-state index contributed by atoms with van der Waals surface area (Å²) in [5.74, 6) is 1.20. The van der Waals surface area contributed by atoms with Gasteiger partial charge in [0.1, 0.15) is 23.9 Å². The predicted molar refractivity (Wildman–Crippen MR) is 135 cm³/mol. The quantitative estimate of drug-likeness (QED) is 0.317. The van der Waals surface area contributed by atoms with Crippen LogP contribution in [0.3, 0.4) is 0 Å². The Kier molecular flexibility index (Phi) is 7.74. The molecule has 35 heavy (non-hydrogen) atoms. The van der Waals surface area contributed by atoms with Crippen molar-refractivity contribution in [2.45, 2.75) is 52.1 Å². The van der Waals surface area contributed by atoms with Gasteiger partial charge in [-0.05, 0) is 89.6 Å². The Hall–Kier alpha value is -3.34. The first-order chi connectivity index (χ1) is 16.8. The van der Waals surface area contributed by atoms with Crippen LogP contribution >= 0.6 is 0 Å². The van der Waals surface area contributed by atoms with Gasteiger partial charge in [0.15, 0.2) is 0 Å². The Morgan fingerprint density at radius 3 is 2.51 bits per heavy atom. The molecule has 1 saturated carbocycles. The molecule has 1 atom stereocenters. The summed E-state index contributed by atoms with van der Waals surface area (Å²) < 4.78 is 26.1. The lowest BCUT2D eigenvalue weighted by Gasteiger charge is -2.17. The van der Waals surface area contributed by atoms with Crippen molar-refractivity contribution >= 4 is 5.97 Å². The van der Waals surface area contributed by atoms with Crippen LogP contribution in [0.5, 0.6) is 11.5 Å². The minimum absolute atomic E-state index is 0.0331. The van der Waals surface area contributed by atoms with Gasteiger partial charge in [0.2, 0.25) is 0 Å². The minimum Gasteiger partial charge on any atom is -0.497 e. The third-order valence-electron chi connectivity index (χ3n) is 6.54. The number of carboxylic acid groups (broad SMARTS) is 1. The van der Waals surface area contributed by atoms with Crippen molar-refractivity contribution in [3.05, 3.63) is 83.2 Å². The first kappa shape index (κ1) is 24.8. The molecule has 184 valence electrons. The van der Waals surface area contributed by atoms with E-state index in [1.54, 1.807) is 19.2 Å². The first-order valence-corrected chi connectivity index (χ1v) is 12.2. The maximum Gasteiger partial charge on any atom is 0.303 e. The molecule has 0 aromatic heterocycles. The summed E-state index contributed by atoms with van der Waals surface area (Å²) in [6.07, 6.45) is 3.13. The zero-order valence-electron chi connectivity index (χ0n) is 20.6. The maximum atomic E-state index is 14.7. The highest BCUT2D eigenvalue weighted by atomic mass is 19.1. The average Bonchev–Trinajstić information content (AvgIpc) is 3.67. The van der Waals surface area contributed by atoms with E-state index in [1.807, 2.05) is 36.4 Å². The first-order valence-electron chi connectivity index (χ1n) is 12.2. The lowest BCUT2D eigenvalue weighted by molar-refractivity contribution is -0.137. The van der Waals surface area contributed by atoms with Gasteiger partial charge in [-0.2, -0.15) is 0 Å². The van der Waals surface area contributed by atoms with Crippen LogP contribution < -0.4 is 9.47 Å². The molecule has 4 nitrogen and oxygen atoms in total. The zero-order valence-corrected chi connectivity index (χ0v) is 20.6. The van der Waals surface area contributed by atoms with E-state index in [0.29, 0.717) is 29.8 Å². The van der Waals surface area contributed by atoms with Gasteiger partial charge in [-0.15, -0.1) is 0 Å². The number of aliphatic carboxylic acids is 1. The summed E-state index contributed by atoms with van der Waals surface area (Å²) in [4.78, 5) is 11.3. The number of carboxylic acids is 1. The van der Waals surface area contributed by atoms with Crippen molar-refractivity contribution < 1.29 is 23.8 Å². The van der Waals surface area contributed by atoms with Gasteiger partial charge >= 0.3 is 5.97 Å². The number of halogens is 1. The molecule has 1 N–H and O–H groups in total. The number of methoxy groups -OCH3 is 1. The summed E-state index contributed by atoms with van der Waals surface area (Å²) >= 11 is 0. The summed E-state index contributed by atoms with van der Waals surface area (Å²) in [5.41, 5.74) is 4.49. The molecule has 0 unspecified atom stereocenters. The summed E-state index contributed by atoms with van der Waals surface area (Å²) in [7, 11) is 1.58. The highest BCUT2D eigenvalue weighted by molar-refractivity contribution is 5.70. The Labute approximate surface area is 206 Å². The van der Waals surface area contributed by atoms with Crippen LogP contribution in [-0.4, -0.2) is 18.2 Å². The molecule has 0 saturated heterocycles. The molecule has 0 radical (unpaired) electrons.